The minimum absolute atomic E-state index is 0.0155. The number of ether oxygens (including phenoxy) is 2. The van der Waals surface area contributed by atoms with Gasteiger partial charge in [-0.15, -0.1) is 0 Å². The maximum atomic E-state index is 12.6. The Kier molecular flexibility index (Phi) is 1.65. The number of rotatable bonds is 4. The van der Waals surface area contributed by atoms with E-state index in [1.54, 1.807) is 0 Å². The normalized spacial score (nSPS) is 52.8. The first kappa shape index (κ1) is 11.7. The van der Waals surface area contributed by atoms with Crippen LogP contribution in [0.5, 0.6) is 0 Å². The zero-order valence-corrected chi connectivity index (χ0v) is 12.2. The number of hydrogen-bond acceptors (Lipinski definition) is 4. The summed E-state index contributed by atoms with van der Waals surface area (Å²) >= 11 is 0. The zero-order chi connectivity index (χ0) is 14.9. The molecular weight excluding hydrogens is 280 g/mol. The van der Waals surface area contributed by atoms with Gasteiger partial charge in [0, 0.05) is 0 Å². The van der Waals surface area contributed by atoms with Crippen molar-refractivity contribution in [1.29, 1.82) is 0 Å². The Bertz CT molecular complexity index is 683. The first-order valence-electron chi connectivity index (χ1n) is 8.01. The van der Waals surface area contributed by atoms with Gasteiger partial charge in [0.05, 0.1) is 17.9 Å². The van der Waals surface area contributed by atoms with Gasteiger partial charge in [-0.1, -0.05) is 30.3 Å². The van der Waals surface area contributed by atoms with Gasteiger partial charge < -0.3 is 9.47 Å². The molecule has 0 aliphatic heterocycles. The van der Waals surface area contributed by atoms with Crippen LogP contribution in [0.1, 0.15) is 5.56 Å². The van der Waals surface area contributed by atoms with Crippen LogP contribution in [-0.4, -0.2) is 19.0 Å². The van der Waals surface area contributed by atoms with Crippen molar-refractivity contribution < 1.29 is 19.1 Å². The second kappa shape index (κ2) is 3.10. The largest absolute Gasteiger partial charge is 0.469 e. The van der Waals surface area contributed by atoms with Crippen LogP contribution in [0.15, 0.2) is 30.3 Å². The summed E-state index contributed by atoms with van der Waals surface area (Å²) in [5.74, 6) is 2.46. The summed E-state index contributed by atoms with van der Waals surface area (Å²) in [6.07, 6.45) is 0. The van der Waals surface area contributed by atoms with Gasteiger partial charge >= 0.3 is 11.9 Å². The van der Waals surface area contributed by atoms with Crippen molar-refractivity contribution in [1.82, 2.24) is 0 Å². The Balaban J connectivity index is 1.20. The molecule has 0 radical (unpaired) electrons. The molecule has 4 heteroatoms. The molecule has 0 spiro atoms. The van der Waals surface area contributed by atoms with Crippen molar-refractivity contribution in [2.45, 2.75) is 6.61 Å². The Morgan fingerprint density at radius 3 is 1.91 bits per heavy atom. The van der Waals surface area contributed by atoms with Crippen LogP contribution in [0.2, 0.25) is 0 Å². The fourth-order valence-electron chi connectivity index (χ4n) is 7.37. The van der Waals surface area contributed by atoms with E-state index in [4.69, 9.17) is 9.47 Å². The second-order valence-electron chi connectivity index (χ2n) is 7.57. The van der Waals surface area contributed by atoms with E-state index in [9.17, 15) is 9.59 Å². The lowest BCUT2D eigenvalue weighted by molar-refractivity contribution is -0.628. The van der Waals surface area contributed by atoms with E-state index < -0.39 is 0 Å². The van der Waals surface area contributed by atoms with Gasteiger partial charge in [-0.25, -0.2) is 0 Å². The molecule has 0 aromatic heterocycles. The van der Waals surface area contributed by atoms with Crippen LogP contribution in [-0.2, 0) is 25.7 Å². The second-order valence-corrected chi connectivity index (χ2v) is 7.57. The molecule has 112 valence electrons. The van der Waals surface area contributed by atoms with Crippen molar-refractivity contribution in [3.63, 3.8) is 0 Å². The number of hydrogen-bond donors (Lipinski definition) is 0. The lowest BCUT2D eigenvalue weighted by Crippen LogP contribution is -3.12. The Hall–Kier alpha value is -1.84. The number of carbonyl (C=O) groups is 2. The molecule has 1 aromatic carbocycles. The Labute approximate surface area is 127 Å². The molecule has 22 heavy (non-hydrogen) atoms. The highest BCUT2D eigenvalue weighted by molar-refractivity contribution is 5.96. The highest BCUT2D eigenvalue weighted by atomic mass is 16.5. The average Bonchev–Trinajstić information content (AvgIpc) is 2.59. The van der Waals surface area contributed by atoms with Gasteiger partial charge in [-0.05, 0) is 41.1 Å². The molecule has 6 saturated carbocycles. The highest BCUT2D eigenvalue weighted by Crippen LogP contribution is 3.10. The first-order chi connectivity index (χ1) is 10.7. The van der Waals surface area contributed by atoms with Crippen molar-refractivity contribution in [2.24, 2.45) is 46.3 Å². The molecule has 0 N–H and O–H groups in total. The summed E-state index contributed by atoms with van der Waals surface area (Å²) in [7, 11) is 1.48. The fourth-order valence-corrected chi connectivity index (χ4v) is 7.37. The summed E-state index contributed by atoms with van der Waals surface area (Å²) in [4.78, 5) is 24.6. The van der Waals surface area contributed by atoms with E-state index in [0.717, 1.165) is 5.56 Å². The average molecular weight is 296 g/mol. The van der Waals surface area contributed by atoms with E-state index >= 15 is 0 Å². The molecule has 0 saturated heterocycles. The highest BCUT2D eigenvalue weighted by Gasteiger charge is 3.13. The van der Waals surface area contributed by atoms with Crippen molar-refractivity contribution >= 4 is 11.9 Å². The van der Waals surface area contributed by atoms with Crippen LogP contribution >= 0.6 is 0 Å². The third-order valence-corrected chi connectivity index (χ3v) is 7.74. The van der Waals surface area contributed by atoms with E-state index in [1.165, 1.54) is 7.11 Å². The summed E-state index contributed by atoms with van der Waals surface area (Å²) in [5.41, 5.74) is 0.652. The third-order valence-electron chi connectivity index (χ3n) is 7.74. The van der Waals surface area contributed by atoms with Gasteiger partial charge in [0.25, 0.3) is 0 Å². The molecule has 0 unspecified atom stereocenters. The molecule has 4 nitrogen and oxygen atoms in total. The fraction of sp³-hybridized carbons (Fsp3) is 0.556. The molecular formula is C18H16O4. The molecule has 6 aliphatic rings. The molecule has 0 bridgehead atoms. The predicted molar refractivity (Wildman–Crippen MR) is 74.1 cm³/mol. The molecule has 1 aromatic rings. The lowest BCUT2D eigenvalue weighted by atomic mass is 8.92. The SMILES string of the molecule is COC(=O)C12C3C4C1C1C2C3C41C(=O)OCc1ccccc1. The van der Waals surface area contributed by atoms with Crippen LogP contribution in [0.4, 0.5) is 0 Å². The van der Waals surface area contributed by atoms with Gasteiger partial charge in [-0.3, -0.25) is 9.59 Å². The summed E-state index contributed by atoms with van der Waals surface area (Å²) < 4.78 is 10.6. The monoisotopic (exact) mass is 296 g/mol. The standard InChI is InChI=1S/C18H16O4/c1-21-15(19)17-9-12-10(17)14-11(17)13(9)18(12,14)16(20)22-7-8-5-3-2-4-6-8/h2-6,9-14H,7H2,1H3. The van der Waals surface area contributed by atoms with Crippen molar-refractivity contribution in [3.8, 4) is 0 Å². The lowest BCUT2D eigenvalue weighted by Gasteiger charge is -3.08. The van der Waals surface area contributed by atoms with Crippen LogP contribution in [0.25, 0.3) is 0 Å². The summed E-state index contributed by atoms with van der Waals surface area (Å²) in [5, 5.41) is 0. The molecule has 7 rings (SSSR count). The van der Waals surface area contributed by atoms with E-state index in [1.807, 2.05) is 30.3 Å². The number of benzene rings is 1. The van der Waals surface area contributed by atoms with Gasteiger partial charge in [-0.2, -0.15) is 0 Å². The van der Waals surface area contributed by atoms with Crippen LogP contribution < -0.4 is 0 Å². The summed E-state index contributed by atoms with van der Waals surface area (Å²) in [6, 6.07) is 9.80. The van der Waals surface area contributed by atoms with Crippen LogP contribution in [0, 0.1) is 46.3 Å². The first-order valence-corrected chi connectivity index (χ1v) is 8.01. The van der Waals surface area contributed by atoms with E-state index in [2.05, 4.69) is 0 Å². The third kappa shape index (κ3) is 0.737. The molecule has 6 aliphatic carbocycles. The Morgan fingerprint density at radius 1 is 0.909 bits per heavy atom. The predicted octanol–water partition coefficient (Wildman–Crippen LogP) is 1.64. The topological polar surface area (TPSA) is 52.6 Å². The van der Waals surface area contributed by atoms with E-state index in [-0.39, 0.29) is 22.8 Å². The van der Waals surface area contributed by atoms with Gasteiger partial charge in [0.15, 0.2) is 0 Å². The molecule has 0 heterocycles. The van der Waals surface area contributed by atoms with Crippen molar-refractivity contribution in [2.75, 3.05) is 7.11 Å². The molecule has 6 fully saturated rings. The number of methoxy groups -OCH3 is 1. The minimum atomic E-state index is -0.204. The molecule has 0 atom stereocenters. The zero-order valence-electron chi connectivity index (χ0n) is 12.2. The molecule has 0 amide bonds. The maximum Gasteiger partial charge on any atom is 0.313 e. The quantitative estimate of drug-likeness (QED) is 0.793. The Morgan fingerprint density at radius 2 is 1.41 bits per heavy atom. The summed E-state index contributed by atoms with van der Waals surface area (Å²) in [6.45, 7) is 0.357. The number of esters is 2. The van der Waals surface area contributed by atoms with Gasteiger partial charge in [0.1, 0.15) is 6.61 Å². The van der Waals surface area contributed by atoms with Gasteiger partial charge in [0.2, 0.25) is 0 Å². The van der Waals surface area contributed by atoms with Crippen LogP contribution in [0.3, 0.4) is 0 Å². The van der Waals surface area contributed by atoms with Crippen molar-refractivity contribution in [3.05, 3.63) is 35.9 Å². The maximum absolute atomic E-state index is 12.6. The van der Waals surface area contributed by atoms with E-state index in [0.29, 0.717) is 42.1 Å². The smallest absolute Gasteiger partial charge is 0.313 e. The number of carbonyl (C=O) groups excluding carboxylic acids is 2. The minimum Gasteiger partial charge on any atom is -0.469 e.